The number of aromatic nitrogens is 1. The van der Waals surface area contributed by atoms with E-state index in [1.165, 1.54) is 18.3 Å². The molecule has 1 atom stereocenters. The molecule has 1 amide bonds. The van der Waals surface area contributed by atoms with Crippen molar-refractivity contribution in [1.82, 2.24) is 15.2 Å². The third kappa shape index (κ3) is 6.25. The number of carbonyl (C=O) groups excluding carboxylic acids is 1. The Balaban J connectivity index is 1.79. The maximum atomic E-state index is 12.9. The summed E-state index contributed by atoms with van der Waals surface area (Å²) < 4.78 is 66.1. The Labute approximate surface area is 179 Å². The van der Waals surface area contributed by atoms with E-state index in [1.807, 2.05) is 4.90 Å². The summed E-state index contributed by atoms with van der Waals surface area (Å²) in [6, 6.07) is 8.26. The van der Waals surface area contributed by atoms with Crippen LogP contribution in [-0.2, 0) is 27.4 Å². The summed E-state index contributed by atoms with van der Waals surface area (Å²) >= 11 is 0. The minimum absolute atomic E-state index is 0.115. The van der Waals surface area contributed by atoms with Gasteiger partial charge in [-0.05, 0) is 23.3 Å². The van der Waals surface area contributed by atoms with E-state index in [4.69, 9.17) is 4.74 Å². The summed E-state index contributed by atoms with van der Waals surface area (Å²) in [6.45, 7) is 2.16. The number of hydrogen-bond acceptors (Lipinski definition) is 6. The van der Waals surface area contributed by atoms with Crippen molar-refractivity contribution in [3.05, 3.63) is 65.0 Å². The smallest absolute Gasteiger partial charge is 0.379 e. The predicted molar refractivity (Wildman–Crippen MR) is 107 cm³/mol. The Bertz CT molecular complexity index is 966. The standard InChI is InChI=1S/C20H22F3N3O4S/c21-20(22,23)18-6-5-14(11-24-18)17(26-7-9-30-10-8-26)12-25-19(27)16-4-2-1-3-15(16)13-31(28)29/h1-6,11,17,31H,7-10,12-13H2,(H,25,27). The number of ether oxygens (including phenoxy) is 1. The summed E-state index contributed by atoms with van der Waals surface area (Å²) in [6.07, 6.45) is -3.36. The molecule has 1 unspecified atom stereocenters. The van der Waals surface area contributed by atoms with Crippen LogP contribution >= 0.6 is 0 Å². The first kappa shape index (κ1) is 23.2. The van der Waals surface area contributed by atoms with Gasteiger partial charge in [0.2, 0.25) is 0 Å². The number of morpholine rings is 1. The van der Waals surface area contributed by atoms with E-state index in [1.54, 1.807) is 18.2 Å². The fourth-order valence-electron chi connectivity index (χ4n) is 3.42. The Morgan fingerprint density at radius 3 is 2.48 bits per heavy atom. The number of nitrogens with one attached hydrogen (secondary N) is 1. The highest BCUT2D eigenvalue weighted by Crippen LogP contribution is 2.29. The Morgan fingerprint density at radius 1 is 1.16 bits per heavy atom. The summed E-state index contributed by atoms with van der Waals surface area (Å²) in [5, 5.41) is 2.79. The second-order valence-electron chi connectivity index (χ2n) is 7.00. The maximum absolute atomic E-state index is 12.9. The minimum atomic E-state index is -4.53. The van der Waals surface area contributed by atoms with Crippen LogP contribution in [0.4, 0.5) is 13.2 Å². The van der Waals surface area contributed by atoms with Crippen molar-refractivity contribution in [1.29, 1.82) is 0 Å². The van der Waals surface area contributed by atoms with Gasteiger partial charge in [0.05, 0.1) is 25.0 Å². The Kier molecular flexibility index (Phi) is 7.63. The number of benzene rings is 1. The minimum Gasteiger partial charge on any atom is -0.379 e. The maximum Gasteiger partial charge on any atom is 0.433 e. The number of nitrogens with zero attached hydrogens (tertiary/aromatic N) is 2. The molecule has 3 rings (SSSR count). The number of thiol groups is 1. The van der Waals surface area contributed by atoms with Gasteiger partial charge in [-0.2, -0.15) is 13.2 Å². The number of amides is 1. The molecule has 1 fully saturated rings. The molecule has 0 bridgehead atoms. The van der Waals surface area contributed by atoms with E-state index in [0.717, 1.165) is 6.07 Å². The van der Waals surface area contributed by atoms with Crippen LogP contribution in [-0.4, -0.2) is 57.1 Å². The van der Waals surface area contributed by atoms with E-state index in [2.05, 4.69) is 10.3 Å². The molecule has 0 radical (unpaired) electrons. The summed E-state index contributed by atoms with van der Waals surface area (Å²) in [5.74, 6) is -0.708. The number of rotatable bonds is 7. The van der Waals surface area contributed by atoms with Crippen LogP contribution in [0.25, 0.3) is 0 Å². The predicted octanol–water partition coefficient (Wildman–Crippen LogP) is 2.02. The molecule has 1 aromatic heterocycles. The number of pyridine rings is 1. The van der Waals surface area contributed by atoms with Crippen molar-refractivity contribution < 1.29 is 31.1 Å². The lowest BCUT2D eigenvalue weighted by molar-refractivity contribution is -0.141. The summed E-state index contributed by atoms with van der Waals surface area (Å²) in [5.41, 5.74) is 0.177. The van der Waals surface area contributed by atoms with E-state index in [0.29, 0.717) is 37.4 Å². The fraction of sp³-hybridized carbons (Fsp3) is 0.400. The Morgan fingerprint density at radius 2 is 1.87 bits per heavy atom. The Hall–Kier alpha value is -2.50. The van der Waals surface area contributed by atoms with Crippen LogP contribution in [0.5, 0.6) is 0 Å². The van der Waals surface area contributed by atoms with Gasteiger partial charge in [-0.25, -0.2) is 8.42 Å². The van der Waals surface area contributed by atoms with Crippen molar-refractivity contribution in [3.8, 4) is 0 Å². The molecule has 11 heteroatoms. The quantitative estimate of drug-likeness (QED) is 0.619. The fourth-order valence-corrected chi connectivity index (χ4v) is 3.97. The molecular weight excluding hydrogens is 435 g/mol. The molecule has 1 N–H and O–H groups in total. The summed E-state index contributed by atoms with van der Waals surface area (Å²) in [7, 11) is -2.70. The van der Waals surface area contributed by atoms with Gasteiger partial charge < -0.3 is 10.1 Å². The average molecular weight is 457 g/mol. The topological polar surface area (TPSA) is 88.6 Å². The SMILES string of the molecule is O=C(NCC(c1ccc(C(F)(F)F)nc1)N1CCOCC1)c1ccccc1C[SH](=O)=O. The lowest BCUT2D eigenvalue weighted by Crippen LogP contribution is -2.44. The largest absolute Gasteiger partial charge is 0.433 e. The highest BCUT2D eigenvalue weighted by molar-refractivity contribution is 7.71. The highest BCUT2D eigenvalue weighted by atomic mass is 32.2. The number of hydrogen-bond donors (Lipinski definition) is 2. The van der Waals surface area contributed by atoms with Crippen molar-refractivity contribution >= 4 is 16.6 Å². The van der Waals surface area contributed by atoms with E-state index < -0.39 is 34.5 Å². The monoisotopic (exact) mass is 457 g/mol. The number of carbonyl (C=O) groups is 1. The van der Waals surface area contributed by atoms with E-state index >= 15 is 0 Å². The van der Waals surface area contributed by atoms with Gasteiger partial charge in [0, 0.05) is 31.4 Å². The third-order valence-electron chi connectivity index (χ3n) is 4.97. The highest BCUT2D eigenvalue weighted by Gasteiger charge is 2.33. The number of alkyl halides is 3. The van der Waals surface area contributed by atoms with Crippen molar-refractivity contribution in [2.75, 3.05) is 32.8 Å². The molecule has 0 aliphatic carbocycles. The van der Waals surface area contributed by atoms with Crippen molar-refractivity contribution in [2.24, 2.45) is 0 Å². The normalized spacial score (nSPS) is 16.3. The zero-order valence-electron chi connectivity index (χ0n) is 16.5. The second-order valence-corrected chi connectivity index (χ2v) is 7.98. The van der Waals surface area contributed by atoms with Crippen LogP contribution in [0.1, 0.15) is 33.2 Å². The van der Waals surface area contributed by atoms with Crippen molar-refractivity contribution in [2.45, 2.75) is 18.0 Å². The van der Waals surface area contributed by atoms with Gasteiger partial charge in [0.15, 0.2) is 0 Å². The van der Waals surface area contributed by atoms with Gasteiger partial charge in [-0.15, -0.1) is 0 Å². The third-order valence-corrected chi connectivity index (χ3v) is 5.56. The molecule has 7 nitrogen and oxygen atoms in total. The summed E-state index contributed by atoms with van der Waals surface area (Å²) in [4.78, 5) is 18.3. The first-order chi connectivity index (χ1) is 14.8. The number of halogens is 3. The molecule has 1 aliphatic heterocycles. The average Bonchev–Trinajstić information content (AvgIpc) is 2.74. The lowest BCUT2D eigenvalue weighted by atomic mass is 10.0. The van der Waals surface area contributed by atoms with Gasteiger partial charge in [-0.3, -0.25) is 14.7 Å². The van der Waals surface area contributed by atoms with Gasteiger partial charge in [0.25, 0.3) is 5.91 Å². The molecule has 1 aromatic carbocycles. The lowest BCUT2D eigenvalue weighted by Gasteiger charge is -2.34. The zero-order chi connectivity index (χ0) is 22.4. The first-order valence-corrected chi connectivity index (χ1v) is 10.9. The van der Waals surface area contributed by atoms with Gasteiger partial charge in [-0.1, -0.05) is 24.3 Å². The zero-order valence-corrected chi connectivity index (χ0v) is 17.4. The van der Waals surface area contributed by atoms with Crippen molar-refractivity contribution in [3.63, 3.8) is 0 Å². The van der Waals surface area contributed by atoms with Crippen LogP contribution in [0.15, 0.2) is 42.6 Å². The van der Waals surface area contributed by atoms with E-state index in [-0.39, 0.29) is 17.9 Å². The first-order valence-electron chi connectivity index (χ1n) is 9.58. The van der Waals surface area contributed by atoms with E-state index in [9.17, 15) is 26.4 Å². The van der Waals surface area contributed by atoms with Crippen LogP contribution in [0, 0.1) is 0 Å². The molecule has 1 saturated heterocycles. The second kappa shape index (κ2) is 10.2. The molecule has 0 spiro atoms. The molecule has 2 heterocycles. The van der Waals surface area contributed by atoms with Crippen LogP contribution < -0.4 is 5.32 Å². The molecule has 168 valence electrons. The van der Waals surface area contributed by atoms with Gasteiger partial charge in [0.1, 0.15) is 16.4 Å². The molecule has 1 aliphatic rings. The van der Waals surface area contributed by atoms with Crippen LogP contribution in [0.3, 0.4) is 0 Å². The molecule has 2 aromatic rings. The van der Waals surface area contributed by atoms with Gasteiger partial charge >= 0.3 is 6.18 Å². The van der Waals surface area contributed by atoms with Crippen LogP contribution in [0.2, 0.25) is 0 Å². The molecule has 0 saturated carbocycles. The molecule has 31 heavy (non-hydrogen) atoms. The molecular formula is C20H22F3N3O4S.